The normalized spacial score (nSPS) is 13.6. The number of carbonyl (C=O) groups is 1. The molecule has 0 saturated heterocycles. The zero-order valence-electron chi connectivity index (χ0n) is 13.9. The smallest absolute Gasteiger partial charge is 0.231 e. The molecular formula is C19H14BrClN2O4. The molecule has 4 rings (SSSR count). The highest BCUT2D eigenvalue weighted by atomic mass is 79.9. The van der Waals surface area contributed by atoms with Gasteiger partial charge in [-0.15, -0.1) is 0 Å². The van der Waals surface area contributed by atoms with E-state index in [2.05, 4.69) is 20.9 Å². The lowest BCUT2D eigenvalue weighted by atomic mass is 10.1. The van der Waals surface area contributed by atoms with Gasteiger partial charge in [0.15, 0.2) is 17.8 Å². The number of fused-ring (bicyclic) bond motifs is 1. The second-order valence-corrected chi connectivity index (χ2v) is 7.12. The molecule has 1 aliphatic heterocycles. The van der Waals surface area contributed by atoms with Crippen LogP contribution in [0.15, 0.2) is 47.1 Å². The molecule has 2 aromatic carbocycles. The van der Waals surface area contributed by atoms with E-state index >= 15 is 0 Å². The molecule has 0 aliphatic carbocycles. The predicted molar refractivity (Wildman–Crippen MR) is 102 cm³/mol. The van der Waals surface area contributed by atoms with E-state index in [4.69, 9.17) is 21.1 Å². The number of aldehydes is 1. The van der Waals surface area contributed by atoms with Crippen LogP contribution in [-0.4, -0.2) is 27.7 Å². The van der Waals surface area contributed by atoms with E-state index in [1.807, 2.05) is 18.2 Å². The first kappa shape index (κ1) is 18.0. The Morgan fingerprint density at radius 3 is 2.67 bits per heavy atom. The van der Waals surface area contributed by atoms with E-state index in [0.29, 0.717) is 44.5 Å². The molecule has 8 heteroatoms. The Labute approximate surface area is 168 Å². The minimum Gasteiger partial charge on any atom is -0.454 e. The van der Waals surface area contributed by atoms with Gasteiger partial charge in [0.2, 0.25) is 6.79 Å². The summed E-state index contributed by atoms with van der Waals surface area (Å²) in [6.45, 7) is 0.380. The van der Waals surface area contributed by atoms with Crippen molar-refractivity contribution in [1.82, 2.24) is 9.55 Å². The van der Waals surface area contributed by atoms with Crippen molar-refractivity contribution in [3.63, 3.8) is 0 Å². The largest absolute Gasteiger partial charge is 0.454 e. The number of benzene rings is 2. The van der Waals surface area contributed by atoms with Gasteiger partial charge in [0.05, 0.1) is 6.54 Å². The number of ether oxygens (including phenoxy) is 2. The van der Waals surface area contributed by atoms with Crippen molar-refractivity contribution in [3.05, 3.63) is 74.7 Å². The summed E-state index contributed by atoms with van der Waals surface area (Å²) in [7, 11) is 0. The maximum absolute atomic E-state index is 11.6. The predicted octanol–water partition coefficient (Wildman–Crippen LogP) is 3.97. The van der Waals surface area contributed by atoms with Crippen LogP contribution in [0.2, 0.25) is 5.02 Å². The molecule has 1 aromatic heterocycles. The van der Waals surface area contributed by atoms with Crippen LogP contribution in [0.3, 0.4) is 0 Å². The molecule has 0 radical (unpaired) electrons. The van der Waals surface area contributed by atoms with Crippen LogP contribution >= 0.6 is 27.5 Å². The number of hydrogen-bond acceptors (Lipinski definition) is 5. The number of aliphatic hydroxyl groups excluding tert-OH is 1. The average molecular weight is 450 g/mol. The average Bonchev–Trinajstić information content (AvgIpc) is 3.25. The van der Waals surface area contributed by atoms with Crippen molar-refractivity contribution in [1.29, 1.82) is 0 Å². The first-order valence-electron chi connectivity index (χ1n) is 8.10. The van der Waals surface area contributed by atoms with Crippen molar-refractivity contribution in [2.75, 3.05) is 6.79 Å². The molecule has 3 aromatic rings. The summed E-state index contributed by atoms with van der Waals surface area (Å²) in [5.74, 6) is 1.51. The minimum atomic E-state index is -0.996. The molecule has 1 atom stereocenters. The van der Waals surface area contributed by atoms with Gasteiger partial charge in [-0.25, -0.2) is 4.98 Å². The molecule has 1 aliphatic rings. The zero-order valence-corrected chi connectivity index (χ0v) is 16.3. The summed E-state index contributed by atoms with van der Waals surface area (Å²) in [5, 5.41) is 11.3. The highest BCUT2D eigenvalue weighted by Gasteiger charge is 2.24. The van der Waals surface area contributed by atoms with Crippen LogP contribution in [0.25, 0.3) is 0 Å². The standard InChI is InChI=1S/C19H14BrClN2O4/c20-18-14(9-24)23(19(22-18)17(25)11-4-2-1-3-5-11)8-12-6-15-16(7-13(12)21)27-10-26-15/h1-7,9,17,25H,8,10H2. The molecule has 0 fully saturated rings. The lowest BCUT2D eigenvalue weighted by Gasteiger charge is -2.15. The first-order chi connectivity index (χ1) is 13.1. The second kappa shape index (κ2) is 7.34. The van der Waals surface area contributed by atoms with Crippen LogP contribution in [0.1, 0.15) is 33.5 Å². The molecule has 0 bridgehead atoms. The van der Waals surface area contributed by atoms with Crippen LogP contribution in [0.5, 0.6) is 11.5 Å². The number of nitrogens with zero attached hydrogens (tertiary/aromatic N) is 2. The summed E-state index contributed by atoms with van der Waals surface area (Å²) in [6, 6.07) is 12.6. The van der Waals surface area contributed by atoms with E-state index in [0.717, 1.165) is 5.56 Å². The Bertz CT molecular complexity index is 1010. The summed E-state index contributed by atoms with van der Waals surface area (Å²) >= 11 is 9.68. The molecule has 0 saturated carbocycles. The highest BCUT2D eigenvalue weighted by Crippen LogP contribution is 2.38. The highest BCUT2D eigenvalue weighted by molar-refractivity contribution is 9.10. The molecule has 6 nitrogen and oxygen atoms in total. The summed E-state index contributed by atoms with van der Waals surface area (Å²) in [6.07, 6.45) is -0.303. The SMILES string of the molecule is O=Cc1c(Br)nc(C(O)c2ccccc2)n1Cc1cc2c(cc1Cl)OCO2. The molecule has 1 N–H and O–H groups in total. The van der Waals surface area contributed by atoms with Gasteiger partial charge in [0.25, 0.3) is 0 Å². The van der Waals surface area contributed by atoms with E-state index in [1.165, 1.54) is 0 Å². The third-order valence-corrected chi connectivity index (χ3v) is 5.27. The number of hydrogen-bond donors (Lipinski definition) is 1. The molecular weight excluding hydrogens is 436 g/mol. The number of halogens is 2. The Balaban J connectivity index is 1.77. The van der Waals surface area contributed by atoms with E-state index in [-0.39, 0.29) is 13.3 Å². The third kappa shape index (κ3) is 3.34. The molecule has 27 heavy (non-hydrogen) atoms. The van der Waals surface area contributed by atoms with Gasteiger partial charge >= 0.3 is 0 Å². The zero-order chi connectivity index (χ0) is 19.0. The van der Waals surface area contributed by atoms with Crippen LogP contribution in [0, 0.1) is 0 Å². The Morgan fingerprint density at radius 2 is 1.96 bits per heavy atom. The molecule has 1 unspecified atom stereocenters. The lowest BCUT2D eigenvalue weighted by molar-refractivity contribution is 0.111. The van der Waals surface area contributed by atoms with Crippen molar-refractivity contribution >= 4 is 33.8 Å². The van der Waals surface area contributed by atoms with Crippen molar-refractivity contribution < 1.29 is 19.4 Å². The number of aromatic nitrogens is 2. The number of rotatable bonds is 5. The molecule has 2 heterocycles. The monoisotopic (exact) mass is 448 g/mol. The van der Waals surface area contributed by atoms with Crippen LogP contribution in [0.4, 0.5) is 0 Å². The number of imidazole rings is 1. The van der Waals surface area contributed by atoms with Crippen molar-refractivity contribution in [3.8, 4) is 11.5 Å². The quantitative estimate of drug-likeness (QED) is 0.597. The maximum Gasteiger partial charge on any atom is 0.231 e. The lowest BCUT2D eigenvalue weighted by Crippen LogP contribution is -2.13. The van der Waals surface area contributed by atoms with Gasteiger partial charge < -0.3 is 19.1 Å². The fraction of sp³-hybridized carbons (Fsp3) is 0.158. The Morgan fingerprint density at radius 1 is 1.26 bits per heavy atom. The first-order valence-corrected chi connectivity index (χ1v) is 9.27. The Hall–Kier alpha value is -2.35. The van der Waals surface area contributed by atoms with E-state index in [9.17, 15) is 9.90 Å². The van der Waals surface area contributed by atoms with Crippen LogP contribution < -0.4 is 9.47 Å². The van der Waals surface area contributed by atoms with Crippen molar-refractivity contribution in [2.45, 2.75) is 12.6 Å². The van der Waals surface area contributed by atoms with Gasteiger partial charge in [-0.1, -0.05) is 41.9 Å². The Kier molecular flexibility index (Phi) is 4.90. The van der Waals surface area contributed by atoms with Crippen molar-refractivity contribution in [2.24, 2.45) is 0 Å². The van der Waals surface area contributed by atoms with Gasteiger partial charge in [0.1, 0.15) is 22.2 Å². The fourth-order valence-corrected chi connectivity index (χ4v) is 3.68. The summed E-state index contributed by atoms with van der Waals surface area (Å²) in [4.78, 5) is 16.0. The minimum absolute atomic E-state index is 0.142. The van der Waals surface area contributed by atoms with Gasteiger partial charge in [0, 0.05) is 11.1 Å². The topological polar surface area (TPSA) is 73.6 Å². The van der Waals surface area contributed by atoms with Gasteiger partial charge in [-0.05, 0) is 33.1 Å². The third-order valence-electron chi connectivity index (χ3n) is 4.33. The van der Waals surface area contributed by atoms with Crippen LogP contribution in [-0.2, 0) is 6.54 Å². The van der Waals surface area contributed by atoms with Gasteiger partial charge in [-0.2, -0.15) is 0 Å². The van der Waals surface area contributed by atoms with E-state index in [1.54, 1.807) is 28.8 Å². The van der Waals surface area contributed by atoms with E-state index < -0.39 is 6.10 Å². The number of carbonyl (C=O) groups excluding carboxylic acids is 1. The fourth-order valence-electron chi connectivity index (χ4n) is 2.98. The summed E-state index contributed by atoms with van der Waals surface area (Å²) < 4.78 is 12.7. The summed E-state index contributed by atoms with van der Waals surface area (Å²) in [5.41, 5.74) is 1.70. The number of aliphatic hydroxyl groups is 1. The molecule has 138 valence electrons. The second-order valence-electron chi connectivity index (χ2n) is 5.96. The maximum atomic E-state index is 11.6. The van der Waals surface area contributed by atoms with Gasteiger partial charge in [-0.3, -0.25) is 4.79 Å². The molecule has 0 amide bonds. The molecule has 0 spiro atoms.